The van der Waals surface area contributed by atoms with Gasteiger partial charge in [0.25, 0.3) is 0 Å². The molecule has 1 aromatic heterocycles. The zero-order chi connectivity index (χ0) is 11.1. The van der Waals surface area contributed by atoms with E-state index in [9.17, 15) is 0 Å². The molecule has 0 amide bonds. The van der Waals surface area contributed by atoms with Crippen LogP contribution in [0.4, 0.5) is 0 Å². The van der Waals surface area contributed by atoms with Crippen molar-refractivity contribution in [2.75, 3.05) is 6.61 Å². The van der Waals surface area contributed by atoms with Crippen LogP contribution in [-0.4, -0.2) is 17.0 Å². The molecule has 1 rings (SSSR count). The van der Waals surface area contributed by atoms with Gasteiger partial charge in [-0.05, 0) is 37.8 Å². The first-order valence-electron chi connectivity index (χ1n) is 5.43. The Labute approximate surface area is 96.6 Å². The van der Waals surface area contributed by atoms with Crippen LogP contribution >= 0.6 is 11.6 Å². The van der Waals surface area contributed by atoms with Gasteiger partial charge in [0.15, 0.2) is 0 Å². The summed E-state index contributed by atoms with van der Waals surface area (Å²) in [7, 11) is 0. The number of hydrogen-bond donors (Lipinski definition) is 0. The zero-order valence-electron chi connectivity index (χ0n) is 9.37. The molecule has 1 heterocycles. The van der Waals surface area contributed by atoms with Crippen molar-refractivity contribution in [3.63, 3.8) is 0 Å². The van der Waals surface area contributed by atoms with E-state index in [0.29, 0.717) is 0 Å². The van der Waals surface area contributed by atoms with E-state index < -0.39 is 0 Å². The molecule has 0 spiro atoms. The van der Waals surface area contributed by atoms with Crippen LogP contribution < -0.4 is 4.74 Å². The molecule has 0 saturated heterocycles. The van der Waals surface area contributed by atoms with Crippen LogP contribution in [0.5, 0.6) is 5.75 Å². The lowest BCUT2D eigenvalue weighted by molar-refractivity contribution is 0.316. The number of ether oxygens (including phenoxy) is 1. The summed E-state index contributed by atoms with van der Waals surface area (Å²) >= 11 is 5.90. The summed E-state index contributed by atoms with van der Waals surface area (Å²) in [5.41, 5.74) is 1.19. The number of rotatable bonds is 6. The van der Waals surface area contributed by atoms with E-state index in [0.717, 1.165) is 31.6 Å². The van der Waals surface area contributed by atoms with Crippen molar-refractivity contribution in [2.24, 2.45) is 0 Å². The van der Waals surface area contributed by atoms with Gasteiger partial charge in [0.2, 0.25) is 0 Å². The molecular weight excluding hydrogens is 210 g/mol. The van der Waals surface area contributed by atoms with E-state index in [-0.39, 0.29) is 5.38 Å². The maximum absolute atomic E-state index is 5.90. The number of aryl methyl sites for hydroxylation is 1. The predicted molar refractivity (Wildman–Crippen MR) is 63.7 cm³/mol. The number of hydrogen-bond acceptors (Lipinski definition) is 2. The van der Waals surface area contributed by atoms with Crippen LogP contribution in [0.3, 0.4) is 0 Å². The van der Waals surface area contributed by atoms with Crippen LogP contribution in [0, 0.1) is 0 Å². The van der Waals surface area contributed by atoms with Crippen LogP contribution in [0.25, 0.3) is 0 Å². The normalized spacial score (nSPS) is 12.5. The molecule has 1 atom stereocenters. The van der Waals surface area contributed by atoms with Gasteiger partial charge in [0, 0.05) is 11.6 Å². The fourth-order valence-electron chi connectivity index (χ4n) is 1.26. The van der Waals surface area contributed by atoms with E-state index in [2.05, 4.69) is 11.9 Å². The van der Waals surface area contributed by atoms with Crippen molar-refractivity contribution in [3.05, 3.63) is 24.0 Å². The van der Waals surface area contributed by atoms with Crippen molar-refractivity contribution in [3.8, 4) is 5.75 Å². The standard InChI is InChI=1S/C12H18ClNO/c1-3-6-15-12-7-11(8-14-9-12)5-4-10(2)13/h7-10H,3-6H2,1-2H3. The van der Waals surface area contributed by atoms with Gasteiger partial charge in [0.05, 0.1) is 12.8 Å². The average Bonchev–Trinajstić information content (AvgIpc) is 2.24. The van der Waals surface area contributed by atoms with Gasteiger partial charge >= 0.3 is 0 Å². The maximum Gasteiger partial charge on any atom is 0.137 e. The highest BCUT2D eigenvalue weighted by atomic mass is 35.5. The minimum absolute atomic E-state index is 0.213. The molecule has 0 fully saturated rings. The Morgan fingerprint density at radius 2 is 2.27 bits per heavy atom. The van der Waals surface area contributed by atoms with E-state index >= 15 is 0 Å². The summed E-state index contributed by atoms with van der Waals surface area (Å²) in [5, 5.41) is 0.213. The Morgan fingerprint density at radius 3 is 2.93 bits per heavy atom. The number of alkyl halides is 1. The molecule has 0 radical (unpaired) electrons. The highest BCUT2D eigenvalue weighted by Crippen LogP contribution is 2.14. The van der Waals surface area contributed by atoms with Gasteiger partial charge in [-0.25, -0.2) is 0 Å². The molecule has 2 nitrogen and oxygen atoms in total. The molecule has 0 aliphatic carbocycles. The second kappa shape index (κ2) is 6.67. The van der Waals surface area contributed by atoms with Gasteiger partial charge in [-0.15, -0.1) is 11.6 Å². The second-order valence-corrected chi connectivity index (χ2v) is 4.44. The Morgan fingerprint density at radius 1 is 1.47 bits per heavy atom. The molecule has 84 valence electrons. The maximum atomic E-state index is 5.90. The Hall–Kier alpha value is -0.760. The summed E-state index contributed by atoms with van der Waals surface area (Å²) in [6.07, 6.45) is 6.58. The van der Waals surface area contributed by atoms with Gasteiger partial charge < -0.3 is 4.74 Å². The molecule has 0 aromatic carbocycles. The van der Waals surface area contributed by atoms with Crippen molar-refractivity contribution in [1.29, 1.82) is 0 Å². The minimum Gasteiger partial charge on any atom is -0.492 e. The zero-order valence-corrected chi connectivity index (χ0v) is 10.1. The smallest absolute Gasteiger partial charge is 0.137 e. The molecule has 0 bridgehead atoms. The summed E-state index contributed by atoms with van der Waals surface area (Å²) in [4.78, 5) is 4.15. The largest absolute Gasteiger partial charge is 0.492 e. The van der Waals surface area contributed by atoms with E-state index in [1.807, 2.05) is 19.2 Å². The van der Waals surface area contributed by atoms with Crippen LogP contribution in [0.2, 0.25) is 0 Å². The summed E-state index contributed by atoms with van der Waals surface area (Å²) in [6, 6.07) is 2.04. The average molecular weight is 228 g/mol. The third-order valence-electron chi connectivity index (χ3n) is 2.07. The number of pyridine rings is 1. The molecule has 0 aliphatic rings. The van der Waals surface area contributed by atoms with Crippen LogP contribution in [0.15, 0.2) is 18.5 Å². The fraction of sp³-hybridized carbons (Fsp3) is 0.583. The van der Waals surface area contributed by atoms with Gasteiger partial charge in [-0.3, -0.25) is 4.98 Å². The lowest BCUT2D eigenvalue weighted by Crippen LogP contribution is -1.98. The summed E-state index contributed by atoms with van der Waals surface area (Å²) in [6.45, 7) is 4.84. The predicted octanol–water partition coefficient (Wildman–Crippen LogP) is 3.43. The molecule has 0 aliphatic heterocycles. The lowest BCUT2D eigenvalue weighted by Gasteiger charge is -2.06. The third-order valence-corrected chi connectivity index (χ3v) is 2.29. The molecule has 1 unspecified atom stereocenters. The van der Waals surface area contributed by atoms with E-state index in [4.69, 9.17) is 16.3 Å². The second-order valence-electron chi connectivity index (χ2n) is 3.70. The highest BCUT2D eigenvalue weighted by molar-refractivity contribution is 6.20. The molecule has 3 heteroatoms. The summed E-state index contributed by atoms with van der Waals surface area (Å²) < 4.78 is 5.51. The number of nitrogens with zero attached hydrogens (tertiary/aromatic N) is 1. The van der Waals surface area contributed by atoms with Gasteiger partial charge in [0.1, 0.15) is 5.75 Å². The molecular formula is C12H18ClNO. The van der Waals surface area contributed by atoms with Crippen LogP contribution in [0.1, 0.15) is 32.3 Å². The minimum atomic E-state index is 0.213. The molecule has 15 heavy (non-hydrogen) atoms. The Balaban J connectivity index is 2.50. The monoisotopic (exact) mass is 227 g/mol. The lowest BCUT2D eigenvalue weighted by atomic mass is 10.1. The topological polar surface area (TPSA) is 22.1 Å². The van der Waals surface area contributed by atoms with Crippen molar-refractivity contribution in [2.45, 2.75) is 38.5 Å². The number of aromatic nitrogens is 1. The number of halogens is 1. The van der Waals surface area contributed by atoms with E-state index in [1.165, 1.54) is 5.56 Å². The Kier molecular flexibility index (Phi) is 5.48. The Bertz CT molecular complexity index is 289. The first-order valence-corrected chi connectivity index (χ1v) is 5.86. The quantitative estimate of drug-likeness (QED) is 0.695. The van der Waals surface area contributed by atoms with E-state index in [1.54, 1.807) is 6.20 Å². The third kappa shape index (κ3) is 5.03. The van der Waals surface area contributed by atoms with Crippen molar-refractivity contribution in [1.82, 2.24) is 4.98 Å². The highest BCUT2D eigenvalue weighted by Gasteiger charge is 2.00. The van der Waals surface area contributed by atoms with Crippen molar-refractivity contribution < 1.29 is 4.74 Å². The first-order chi connectivity index (χ1) is 7.22. The van der Waals surface area contributed by atoms with Gasteiger partial charge in [-0.1, -0.05) is 6.92 Å². The van der Waals surface area contributed by atoms with Gasteiger partial charge in [-0.2, -0.15) is 0 Å². The fourth-order valence-corrected chi connectivity index (χ4v) is 1.37. The summed E-state index contributed by atoms with van der Waals surface area (Å²) in [5.74, 6) is 0.858. The molecule has 0 N–H and O–H groups in total. The SMILES string of the molecule is CCCOc1cncc(CCC(C)Cl)c1. The first kappa shape index (κ1) is 12.3. The molecule has 1 aromatic rings. The van der Waals surface area contributed by atoms with Crippen LogP contribution in [-0.2, 0) is 6.42 Å². The molecule has 0 saturated carbocycles. The van der Waals surface area contributed by atoms with Crippen molar-refractivity contribution >= 4 is 11.6 Å².